The largest absolute Gasteiger partial charge is 0.481 e. The van der Waals surface area contributed by atoms with Crippen LogP contribution in [0.15, 0.2) is 30.3 Å². The number of rotatable bonds is 2. The summed E-state index contributed by atoms with van der Waals surface area (Å²) in [6.07, 6.45) is 0. The van der Waals surface area contributed by atoms with Gasteiger partial charge in [0.1, 0.15) is 0 Å². The number of hydrogen-bond acceptors (Lipinski definition) is 2. The normalized spacial score (nSPS) is 12.6. The molecule has 0 aliphatic rings. The van der Waals surface area contributed by atoms with Crippen molar-refractivity contribution in [3.8, 4) is 0 Å². The average molecular weight is 215 g/mol. The molecular weight excluding hydrogens is 202 g/mol. The number of aromatic nitrogens is 1. The zero-order valence-electron chi connectivity index (χ0n) is 9.27. The van der Waals surface area contributed by atoms with E-state index >= 15 is 0 Å². The molecule has 82 valence electrons. The summed E-state index contributed by atoms with van der Waals surface area (Å²) in [6.45, 7) is 3.56. The Hall–Kier alpha value is -1.90. The number of aliphatic carboxylic acids is 1. The first-order chi connectivity index (χ1) is 7.59. The molecule has 0 spiro atoms. The van der Waals surface area contributed by atoms with E-state index in [2.05, 4.69) is 4.98 Å². The van der Waals surface area contributed by atoms with Gasteiger partial charge in [0.15, 0.2) is 0 Å². The number of fused-ring (bicyclic) bond motifs is 1. The van der Waals surface area contributed by atoms with Gasteiger partial charge in [-0.1, -0.05) is 18.2 Å². The zero-order chi connectivity index (χ0) is 11.7. The fraction of sp³-hybridized carbons (Fsp3) is 0.231. The third-order valence-electron chi connectivity index (χ3n) is 2.73. The molecule has 3 nitrogen and oxygen atoms in total. The van der Waals surface area contributed by atoms with Gasteiger partial charge in [-0.25, -0.2) is 0 Å². The molecule has 0 radical (unpaired) electrons. The van der Waals surface area contributed by atoms with E-state index in [0.29, 0.717) is 5.69 Å². The van der Waals surface area contributed by atoms with Gasteiger partial charge in [0.25, 0.3) is 0 Å². The highest BCUT2D eigenvalue weighted by Crippen LogP contribution is 2.22. The molecule has 0 aliphatic carbocycles. The minimum Gasteiger partial charge on any atom is -0.481 e. The van der Waals surface area contributed by atoms with Crippen molar-refractivity contribution in [2.75, 3.05) is 0 Å². The van der Waals surface area contributed by atoms with Crippen LogP contribution in [0.4, 0.5) is 0 Å². The fourth-order valence-corrected chi connectivity index (χ4v) is 1.79. The van der Waals surface area contributed by atoms with Gasteiger partial charge in [-0.15, -0.1) is 0 Å². The second-order valence-electron chi connectivity index (χ2n) is 3.94. The lowest BCUT2D eigenvalue weighted by Gasteiger charge is -2.10. The van der Waals surface area contributed by atoms with Gasteiger partial charge in [0, 0.05) is 5.39 Å². The van der Waals surface area contributed by atoms with Crippen LogP contribution in [0.25, 0.3) is 10.9 Å². The van der Waals surface area contributed by atoms with Crippen LogP contribution in [0, 0.1) is 6.92 Å². The summed E-state index contributed by atoms with van der Waals surface area (Å²) in [4.78, 5) is 15.4. The molecule has 0 fully saturated rings. The lowest BCUT2D eigenvalue weighted by molar-refractivity contribution is -0.138. The Morgan fingerprint density at radius 1 is 1.38 bits per heavy atom. The van der Waals surface area contributed by atoms with Crippen LogP contribution in [-0.2, 0) is 4.79 Å². The van der Waals surface area contributed by atoms with Gasteiger partial charge in [-0.05, 0) is 31.5 Å². The summed E-state index contributed by atoms with van der Waals surface area (Å²) in [7, 11) is 0. The molecule has 0 aliphatic heterocycles. The molecule has 2 rings (SSSR count). The number of carbonyl (C=O) groups is 1. The van der Waals surface area contributed by atoms with E-state index in [4.69, 9.17) is 5.11 Å². The molecule has 3 heteroatoms. The molecule has 2 aromatic rings. The Bertz CT molecular complexity index is 549. The summed E-state index contributed by atoms with van der Waals surface area (Å²) < 4.78 is 0. The highest BCUT2D eigenvalue weighted by molar-refractivity contribution is 5.82. The van der Waals surface area contributed by atoms with Crippen molar-refractivity contribution in [1.29, 1.82) is 0 Å². The first kappa shape index (κ1) is 10.6. The predicted octanol–water partition coefficient (Wildman–Crippen LogP) is 2.73. The molecule has 1 heterocycles. The molecule has 0 saturated carbocycles. The van der Waals surface area contributed by atoms with E-state index in [1.54, 1.807) is 6.92 Å². The van der Waals surface area contributed by atoms with Gasteiger partial charge in [0.2, 0.25) is 0 Å². The van der Waals surface area contributed by atoms with Crippen molar-refractivity contribution >= 4 is 16.9 Å². The van der Waals surface area contributed by atoms with Crippen LogP contribution in [0.2, 0.25) is 0 Å². The van der Waals surface area contributed by atoms with Crippen molar-refractivity contribution in [2.45, 2.75) is 19.8 Å². The second-order valence-corrected chi connectivity index (χ2v) is 3.94. The third-order valence-corrected chi connectivity index (χ3v) is 2.73. The SMILES string of the molecule is Cc1cc2ccccc2nc1C(C)C(=O)O. The number of benzene rings is 1. The van der Waals surface area contributed by atoms with Gasteiger partial charge in [-0.2, -0.15) is 0 Å². The molecule has 0 saturated heterocycles. The van der Waals surface area contributed by atoms with Crippen molar-refractivity contribution in [3.63, 3.8) is 0 Å². The number of nitrogens with zero attached hydrogens (tertiary/aromatic N) is 1. The smallest absolute Gasteiger partial charge is 0.312 e. The van der Waals surface area contributed by atoms with E-state index in [0.717, 1.165) is 16.5 Å². The maximum absolute atomic E-state index is 10.9. The Kier molecular flexibility index (Phi) is 2.60. The summed E-state index contributed by atoms with van der Waals surface area (Å²) in [6, 6.07) is 9.71. The van der Waals surface area contributed by atoms with Crippen LogP contribution in [0.5, 0.6) is 0 Å². The standard InChI is InChI=1S/C13H13NO2/c1-8-7-10-5-3-4-6-11(10)14-12(8)9(2)13(15)16/h3-7,9H,1-2H3,(H,15,16). The van der Waals surface area contributed by atoms with Gasteiger partial charge >= 0.3 is 5.97 Å². The molecule has 1 aromatic heterocycles. The van der Waals surface area contributed by atoms with Crippen molar-refractivity contribution in [1.82, 2.24) is 4.98 Å². The Morgan fingerprint density at radius 3 is 2.75 bits per heavy atom. The van der Waals surface area contributed by atoms with Gasteiger partial charge in [-0.3, -0.25) is 9.78 Å². The van der Waals surface area contributed by atoms with E-state index in [1.165, 1.54) is 0 Å². The Balaban J connectivity index is 2.62. The van der Waals surface area contributed by atoms with Gasteiger partial charge < -0.3 is 5.11 Å². The first-order valence-electron chi connectivity index (χ1n) is 5.18. The van der Waals surface area contributed by atoms with Crippen molar-refractivity contribution in [2.24, 2.45) is 0 Å². The molecule has 0 amide bonds. The summed E-state index contributed by atoms with van der Waals surface area (Å²) in [5.41, 5.74) is 2.41. The summed E-state index contributed by atoms with van der Waals surface area (Å²) >= 11 is 0. The maximum Gasteiger partial charge on any atom is 0.312 e. The van der Waals surface area contributed by atoms with Crippen LogP contribution in [0.3, 0.4) is 0 Å². The van der Waals surface area contributed by atoms with E-state index in [9.17, 15) is 4.79 Å². The van der Waals surface area contributed by atoms with E-state index in [-0.39, 0.29) is 0 Å². The van der Waals surface area contributed by atoms with Crippen LogP contribution >= 0.6 is 0 Å². The lowest BCUT2D eigenvalue weighted by Crippen LogP contribution is -2.11. The average Bonchev–Trinajstić information content (AvgIpc) is 2.27. The number of pyridine rings is 1. The molecular formula is C13H13NO2. The number of hydrogen-bond donors (Lipinski definition) is 1. The van der Waals surface area contributed by atoms with Crippen molar-refractivity contribution < 1.29 is 9.90 Å². The number of para-hydroxylation sites is 1. The predicted molar refractivity (Wildman–Crippen MR) is 62.5 cm³/mol. The van der Waals surface area contributed by atoms with Gasteiger partial charge in [0.05, 0.1) is 17.1 Å². The molecule has 1 atom stereocenters. The zero-order valence-corrected chi connectivity index (χ0v) is 9.27. The third kappa shape index (κ3) is 1.76. The monoisotopic (exact) mass is 215 g/mol. The summed E-state index contributed by atoms with van der Waals surface area (Å²) in [5, 5.41) is 10.0. The maximum atomic E-state index is 10.9. The Morgan fingerprint density at radius 2 is 2.06 bits per heavy atom. The van der Waals surface area contributed by atoms with E-state index in [1.807, 2.05) is 37.3 Å². The summed E-state index contributed by atoms with van der Waals surface area (Å²) in [5.74, 6) is -1.41. The highest BCUT2D eigenvalue weighted by Gasteiger charge is 2.17. The number of carboxylic acids is 1. The number of carboxylic acid groups (broad SMARTS) is 1. The van der Waals surface area contributed by atoms with Crippen LogP contribution in [0.1, 0.15) is 24.1 Å². The Labute approximate surface area is 93.7 Å². The first-order valence-corrected chi connectivity index (χ1v) is 5.18. The quantitative estimate of drug-likeness (QED) is 0.838. The number of aryl methyl sites for hydroxylation is 1. The van der Waals surface area contributed by atoms with E-state index < -0.39 is 11.9 Å². The second kappa shape index (κ2) is 3.93. The molecule has 1 unspecified atom stereocenters. The minimum absolute atomic E-state index is 0.565. The lowest BCUT2D eigenvalue weighted by atomic mass is 10.0. The molecule has 0 bridgehead atoms. The minimum atomic E-state index is -0.842. The molecule has 1 aromatic carbocycles. The van der Waals surface area contributed by atoms with Crippen molar-refractivity contribution in [3.05, 3.63) is 41.6 Å². The topological polar surface area (TPSA) is 50.2 Å². The highest BCUT2D eigenvalue weighted by atomic mass is 16.4. The molecule has 16 heavy (non-hydrogen) atoms. The fourth-order valence-electron chi connectivity index (χ4n) is 1.79. The molecule has 1 N–H and O–H groups in total. The van der Waals surface area contributed by atoms with Crippen LogP contribution < -0.4 is 0 Å². The van der Waals surface area contributed by atoms with Crippen LogP contribution in [-0.4, -0.2) is 16.1 Å².